The average Bonchev–Trinajstić information content (AvgIpc) is 2.74. The lowest BCUT2D eigenvalue weighted by molar-refractivity contribution is 0.290. The maximum atomic E-state index is 14.8. The summed E-state index contributed by atoms with van der Waals surface area (Å²) in [5.74, 6) is 0.436. The number of benzene rings is 1. The number of pyridine rings is 2. The van der Waals surface area contributed by atoms with Crippen LogP contribution < -0.4 is 15.6 Å². The van der Waals surface area contributed by atoms with Crippen LogP contribution in [0.1, 0.15) is 28.6 Å². The molecule has 3 aromatic rings. The van der Waals surface area contributed by atoms with E-state index in [-0.39, 0.29) is 18.7 Å². The molecule has 0 amide bonds. The van der Waals surface area contributed by atoms with Crippen LogP contribution in [0.25, 0.3) is 0 Å². The molecule has 1 N–H and O–H groups in total. The number of rotatable bonds is 6. The number of halogens is 2. The fourth-order valence-corrected chi connectivity index (χ4v) is 3.59. The van der Waals surface area contributed by atoms with E-state index in [2.05, 4.69) is 26.2 Å². The summed E-state index contributed by atoms with van der Waals surface area (Å²) >= 11 is 3.33. The van der Waals surface area contributed by atoms with Crippen molar-refractivity contribution in [2.45, 2.75) is 32.3 Å². The molecule has 150 valence electrons. The van der Waals surface area contributed by atoms with E-state index in [1.807, 2.05) is 30.3 Å². The Morgan fingerprint density at radius 3 is 2.90 bits per heavy atom. The minimum Gasteiger partial charge on any atom is -0.487 e. The largest absolute Gasteiger partial charge is 0.487 e. The van der Waals surface area contributed by atoms with Crippen molar-refractivity contribution in [1.82, 2.24) is 14.9 Å². The van der Waals surface area contributed by atoms with Crippen LogP contribution >= 0.6 is 15.9 Å². The first-order valence-electron chi connectivity index (χ1n) is 9.49. The van der Waals surface area contributed by atoms with Gasteiger partial charge in [-0.1, -0.05) is 18.2 Å². The summed E-state index contributed by atoms with van der Waals surface area (Å²) in [6, 6.07) is 12.5. The highest BCUT2D eigenvalue weighted by molar-refractivity contribution is 9.10. The molecule has 0 saturated carbocycles. The van der Waals surface area contributed by atoms with Gasteiger partial charge < -0.3 is 14.6 Å². The van der Waals surface area contributed by atoms with Gasteiger partial charge in [0.25, 0.3) is 5.56 Å². The van der Waals surface area contributed by atoms with Gasteiger partial charge in [0.05, 0.1) is 12.2 Å². The summed E-state index contributed by atoms with van der Waals surface area (Å²) in [5.41, 5.74) is 3.45. The van der Waals surface area contributed by atoms with E-state index < -0.39 is 6.17 Å². The predicted octanol–water partition coefficient (Wildman–Crippen LogP) is 3.94. The quantitative estimate of drug-likeness (QED) is 0.608. The molecule has 0 radical (unpaired) electrons. The van der Waals surface area contributed by atoms with E-state index >= 15 is 0 Å². The maximum Gasteiger partial charge on any atom is 0.254 e. The molecule has 0 bridgehead atoms. The Balaban J connectivity index is 1.41. The van der Waals surface area contributed by atoms with Gasteiger partial charge in [0.15, 0.2) is 0 Å². The zero-order valence-electron chi connectivity index (χ0n) is 15.8. The molecule has 0 spiro atoms. The van der Waals surface area contributed by atoms with E-state index in [0.29, 0.717) is 11.3 Å². The van der Waals surface area contributed by atoms with Crippen LogP contribution in [0.2, 0.25) is 0 Å². The monoisotopic (exact) mass is 457 g/mol. The van der Waals surface area contributed by atoms with Crippen LogP contribution in [0.3, 0.4) is 0 Å². The van der Waals surface area contributed by atoms with Gasteiger partial charge in [-0.3, -0.25) is 9.78 Å². The fraction of sp³-hybridized carbons (Fsp3) is 0.273. The third-order valence-corrected chi connectivity index (χ3v) is 5.45. The molecule has 29 heavy (non-hydrogen) atoms. The molecule has 2 aromatic heterocycles. The van der Waals surface area contributed by atoms with Gasteiger partial charge in [0.2, 0.25) is 0 Å². The number of aromatic nitrogens is 2. The van der Waals surface area contributed by atoms with Gasteiger partial charge in [-0.2, -0.15) is 0 Å². The summed E-state index contributed by atoms with van der Waals surface area (Å²) in [4.78, 5) is 16.6. The Labute approximate surface area is 176 Å². The molecular weight excluding hydrogens is 437 g/mol. The van der Waals surface area contributed by atoms with Crippen molar-refractivity contribution in [3.63, 3.8) is 0 Å². The first-order chi connectivity index (χ1) is 14.1. The Morgan fingerprint density at radius 2 is 2.10 bits per heavy atom. The Hall–Kier alpha value is -2.51. The third-order valence-electron chi connectivity index (χ3n) is 4.98. The lowest BCUT2D eigenvalue weighted by atomic mass is 9.97. The summed E-state index contributed by atoms with van der Waals surface area (Å²) in [7, 11) is 0. The Kier molecular flexibility index (Phi) is 6.06. The first-order valence-corrected chi connectivity index (χ1v) is 10.3. The molecule has 0 fully saturated rings. The van der Waals surface area contributed by atoms with Crippen LogP contribution in [0.5, 0.6) is 5.75 Å². The van der Waals surface area contributed by atoms with Crippen LogP contribution in [0.4, 0.5) is 4.39 Å². The molecule has 0 aliphatic carbocycles. The number of hydrogen-bond acceptors (Lipinski definition) is 4. The van der Waals surface area contributed by atoms with E-state index in [1.54, 1.807) is 18.5 Å². The molecule has 1 atom stereocenters. The molecule has 1 aliphatic heterocycles. The summed E-state index contributed by atoms with van der Waals surface area (Å²) in [6.45, 7) is 1.94. The highest BCUT2D eigenvalue weighted by Crippen LogP contribution is 2.24. The molecule has 0 saturated heterocycles. The number of nitrogens with one attached hydrogen (secondary N) is 1. The van der Waals surface area contributed by atoms with Gasteiger partial charge in [0.1, 0.15) is 18.5 Å². The topological polar surface area (TPSA) is 56.1 Å². The molecule has 3 heterocycles. The minimum atomic E-state index is -1.25. The van der Waals surface area contributed by atoms with Crippen molar-refractivity contribution in [2.75, 3.05) is 6.54 Å². The SMILES string of the molecule is O=c1cc(OCc2ccc(Br)cn2)ccn1CC(F)c1ccc2c(c1)CNCC2. The maximum absolute atomic E-state index is 14.8. The van der Waals surface area contributed by atoms with E-state index in [9.17, 15) is 9.18 Å². The molecule has 4 rings (SSSR count). The van der Waals surface area contributed by atoms with Crippen molar-refractivity contribution in [2.24, 2.45) is 0 Å². The van der Waals surface area contributed by atoms with Gasteiger partial charge in [-0.05, 0) is 63.8 Å². The number of nitrogens with zero attached hydrogens (tertiary/aromatic N) is 2. The van der Waals surface area contributed by atoms with Gasteiger partial charge >= 0.3 is 0 Å². The summed E-state index contributed by atoms with van der Waals surface area (Å²) < 4.78 is 22.7. The van der Waals surface area contributed by atoms with Crippen molar-refractivity contribution in [3.8, 4) is 5.75 Å². The third kappa shape index (κ3) is 4.92. The van der Waals surface area contributed by atoms with Gasteiger partial charge in [-0.15, -0.1) is 0 Å². The van der Waals surface area contributed by atoms with Gasteiger partial charge in [0, 0.05) is 29.5 Å². The van der Waals surface area contributed by atoms with Crippen molar-refractivity contribution in [3.05, 3.63) is 92.1 Å². The molecule has 7 heteroatoms. The molecule has 1 aliphatic rings. The average molecular weight is 458 g/mol. The van der Waals surface area contributed by atoms with Crippen LogP contribution in [0.15, 0.2) is 64.1 Å². The second-order valence-electron chi connectivity index (χ2n) is 7.03. The predicted molar refractivity (Wildman–Crippen MR) is 113 cm³/mol. The highest BCUT2D eigenvalue weighted by atomic mass is 79.9. The van der Waals surface area contributed by atoms with Crippen molar-refractivity contribution < 1.29 is 9.13 Å². The standard InChI is InChI=1S/C22H21BrFN3O2/c23-18-3-4-19(26-12-18)14-29-20-6-8-27(22(28)10-20)13-21(24)16-2-1-15-5-7-25-11-17(15)9-16/h1-4,6,8-10,12,21,25H,5,7,11,13-14H2. The number of hydrogen-bond donors (Lipinski definition) is 1. The normalized spacial score (nSPS) is 14.3. The number of ether oxygens (including phenoxy) is 1. The molecule has 1 aromatic carbocycles. The molecule has 1 unspecified atom stereocenters. The second-order valence-corrected chi connectivity index (χ2v) is 7.95. The van der Waals surface area contributed by atoms with Crippen molar-refractivity contribution >= 4 is 15.9 Å². The molecule has 5 nitrogen and oxygen atoms in total. The summed E-state index contributed by atoms with van der Waals surface area (Å²) in [5, 5.41) is 3.30. The van der Waals surface area contributed by atoms with Crippen LogP contribution in [-0.4, -0.2) is 16.1 Å². The smallest absolute Gasteiger partial charge is 0.254 e. The Morgan fingerprint density at radius 1 is 1.21 bits per heavy atom. The first kappa shape index (κ1) is 19.8. The second kappa shape index (κ2) is 8.88. The lowest BCUT2D eigenvalue weighted by Crippen LogP contribution is -2.24. The number of fused-ring (bicyclic) bond motifs is 1. The lowest BCUT2D eigenvalue weighted by Gasteiger charge is -2.19. The Bertz CT molecular complexity index is 1050. The summed E-state index contributed by atoms with van der Waals surface area (Å²) in [6.07, 6.45) is 2.97. The zero-order chi connectivity index (χ0) is 20.2. The van der Waals surface area contributed by atoms with Crippen LogP contribution in [0, 0.1) is 0 Å². The fourth-order valence-electron chi connectivity index (χ4n) is 3.35. The number of alkyl halides is 1. The van der Waals surface area contributed by atoms with E-state index in [4.69, 9.17) is 4.74 Å². The van der Waals surface area contributed by atoms with E-state index in [0.717, 1.165) is 35.2 Å². The highest BCUT2D eigenvalue weighted by Gasteiger charge is 2.15. The minimum absolute atomic E-state index is 0.0282. The van der Waals surface area contributed by atoms with Crippen LogP contribution in [-0.2, 0) is 26.1 Å². The van der Waals surface area contributed by atoms with E-state index in [1.165, 1.54) is 16.2 Å². The van der Waals surface area contributed by atoms with Crippen molar-refractivity contribution in [1.29, 1.82) is 0 Å². The zero-order valence-corrected chi connectivity index (χ0v) is 17.4. The molecular formula is C22H21BrFN3O2. The van der Waals surface area contributed by atoms with Gasteiger partial charge in [-0.25, -0.2) is 4.39 Å².